The van der Waals surface area contributed by atoms with Gasteiger partial charge in [0.25, 0.3) is 0 Å². The molecule has 0 fully saturated rings. The molecular weight excluding hydrogens is 330 g/mol. The lowest BCUT2D eigenvalue weighted by atomic mass is 10.0. The van der Waals surface area contributed by atoms with Crippen LogP contribution >= 0.6 is 0 Å². The lowest BCUT2D eigenvalue weighted by Crippen LogP contribution is -2.01. The van der Waals surface area contributed by atoms with Crippen LogP contribution in [0.4, 0.5) is 11.5 Å². The van der Waals surface area contributed by atoms with E-state index in [0.29, 0.717) is 0 Å². The Balaban J connectivity index is 1.98. The van der Waals surface area contributed by atoms with Crippen molar-refractivity contribution in [1.29, 1.82) is 0 Å². The minimum Gasteiger partial charge on any atom is -0.339 e. The van der Waals surface area contributed by atoms with Gasteiger partial charge in [-0.3, -0.25) is 4.40 Å². The normalized spacial score (nSPS) is 11.1. The van der Waals surface area contributed by atoms with Gasteiger partial charge in [0.1, 0.15) is 17.2 Å². The summed E-state index contributed by atoms with van der Waals surface area (Å²) >= 11 is 0. The van der Waals surface area contributed by atoms with Crippen LogP contribution in [-0.4, -0.2) is 9.38 Å². The summed E-state index contributed by atoms with van der Waals surface area (Å²) in [5.74, 6) is 1.01. The molecule has 0 aliphatic carbocycles. The molecule has 0 spiro atoms. The second kappa shape index (κ2) is 6.58. The summed E-state index contributed by atoms with van der Waals surface area (Å²) in [6, 6.07) is 17.1. The molecule has 0 atom stereocenters. The summed E-state index contributed by atoms with van der Waals surface area (Å²) in [6.45, 7) is 10.7. The largest absolute Gasteiger partial charge is 0.339 e. The highest BCUT2D eigenvalue weighted by molar-refractivity contribution is 5.82. The lowest BCUT2D eigenvalue weighted by Gasteiger charge is -2.15. The van der Waals surface area contributed by atoms with Gasteiger partial charge in [-0.25, -0.2) is 4.98 Å². The third kappa shape index (κ3) is 3.10. The van der Waals surface area contributed by atoms with Crippen molar-refractivity contribution in [2.45, 2.75) is 34.6 Å². The van der Waals surface area contributed by atoms with Gasteiger partial charge in [-0.2, -0.15) is 0 Å². The fraction of sp³-hybridized carbons (Fsp3) is 0.208. The number of aromatic nitrogens is 2. The van der Waals surface area contributed by atoms with Crippen LogP contribution in [0.15, 0.2) is 54.7 Å². The number of benzene rings is 2. The average Bonchev–Trinajstić information content (AvgIpc) is 2.96. The van der Waals surface area contributed by atoms with Crippen LogP contribution in [0.25, 0.3) is 16.9 Å². The first-order valence-corrected chi connectivity index (χ1v) is 9.33. The predicted molar refractivity (Wildman–Crippen MR) is 114 cm³/mol. The fourth-order valence-corrected chi connectivity index (χ4v) is 3.67. The number of imidazole rings is 1. The Kier molecular flexibility index (Phi) is 4.23. The molecule has 0 radical (unpaired) electrons. The molecule has 0 saturated heterocycles. The number of hydrogen-bond donors (Lipinski definition) is 1. The van der Waals surface area contributed by atoms with Gasteiger partial charge < -0.3 is 5.32 Å². The van der Waals surface area contributed by atoms with Gasteiger partial charge in [-0.15, -0.1) is 0 Å². The number of fused-ring (bicyclic) bond motifs is 1. The molecular formula is C24H25N3. The molecule has 0 amide bonds. The van der Waals surface area contributed by atoms with Gasteiger partial charge in [0, 0.05) is 17.4 Å². The van der Waals surface area contributed by atoms with Gasteiger partial charge >= 0.3 is 0 Å². The Hall–Kier alpha value is -3.07. The van der Waals surface area contributed by atoms with Crippen molar-refractivity contribution in [2.75, 3.05) is 5.32 Å². The number of pyridine rings is 1. The molecule has 4 rings (SSSR count). The van der Waals surface area contributed by atoms with Crippen LogP contribution < -0.4 is 5.32 Å². The third-order valence-electron chi connectivity index (χ3n) is 5.13. The molecule has 0 aliphatic rings. The average molecular weight is 355 g/mol. The van der Waals surface area contributed by atoms with Crippen LogP contribution in [0, 0.1) is 34.6 Å². The Morgan fingerprint density at radius 3 is 2.19 bits per heavy atom. The SMILES string of the molecule is Cc1ccc(-c2nc3ccc(C)cn3c2Nc2c(C)cccc2C)c(C)c1. The first-order chi connectivity index (χ1) is 12.9. The number of nitrogens with one attached hydrogen (secondary N) is 1. The van der Waals surface area contributed by atoms with E-state index >= 15 is 0 Å². The highest BCUT2D eigenvalue weighted by Gasteiger charge is 2.17. The van der Waals surface area contributed by atoms with E-state index < -0.39 is 0 Å². The molecule has 2 aromatic heterocycles. The molecule has 3 heteroatoms. The molecule has 27 heavy (non-hydrogen) atoms. The maximum Gasteiger partial charge on any atom is 0.143 e. The molecule has 0 saturated carbocycles. The van der Waals surface area contributed by atoms with Crippen LogP contribution in [0.5, 0.6) is 0 Å². The summed E-state index contributed by atoms with van der Waals surface area (Å²) in [7, 11) is 0. The number of para-hydroxylation sites is 1. The first-order valence-electron chi connectivity index (χ1n) is 9.33. The fourth-order valence-electron chi connectivity index (χ4n) is 3.67. The van der Waals surface area contributed by atoms with Crippen molar-refractivity contribution in [3.63, 3.8) is 0 Å². The van der Waals surface area contributed by atoms with Crippen LogP contribution in [0.3, 0.4) is 0 Å². The van der Waals surface area contributed by atoms with E-state index in [1.165, 1.54) is 27.8 Å². The Morgan fingerprint density at radius 2 is 1.48 bits per heavy atom. The first kappa shape index (κ1) is 17.3. The Morgan fingerprint density at radius 1 is 0.778 bits per heavy atom. The van der Waals surface area contributed by atoms with E-state index in [9.17, 15) is 0 Å². The molecule has 0 aliphatic heterocycles. The smallest absolute Gasteiger partial charge is 0.143 e. The summed E-state index contributed by atoms with van der Waals surface area (Å²) < 4.78 is 2.16. The second-order valence-electron chi connectivity index (χ2n) is 7.45. The summed E-state index contributed by atoms with van der Waals surface area (Å²) in [5, 5.41) is 3.70. The van der Waals surface area contributed by atoms with E-state index in [4.69, 9.17) is 4.98 Å². The molecule has 1 N–H and O–H groups in total. The van der Waals surface area contributed by atoms with Crippen LogP contribution in [0.1, 0.15) is 27.8 Å². The van der Waals surface area contributed by atoms with Crippen LogP contribution in [0.2, 0.25) is 0 Å². The standard InChI is InChI=1S/C24H25N3/c1-15-9-11-20(19(5)13-15)23-24(26-22-17(3)7-6-8-18(22)4)27-14-16(2)10-12-21(27)25-23/h6-14,26H,1-5H3. The Labute approximate surface area is 160 Å². The topological polar surface area (TPSA) is 29.3 Å². The monoisotopic (exact) mass is 355 g/mol. The van der Waals surface area contributed by atoms with Gasteiger partial charge in [-0.05, 0) is 62.9 Å². The predicted octanol–water partition coefficient (Wildman–Crippen LogP) is 6.29. The van der Waals surface area contributed by atoms with E-state index in [0.717, 1.165) is 28.4 Å². The van der Waals surface area contributed by atoms with Gasteiger partial charge in [-0.1, -0.05) is 48.0 Å². The van der Waals surface area contributed by atoms with Gasteiger partial charge in [0.2, 0.25) is 0 Å². The summed E-state index contributed by atoms with van der Waals surface area (Å²) in [4.78, 5) is 4.97. The van der Waals surface area contributed by atoms with Crippen molar-refractivity contribution in [3.8, 4) is 11.3 Å². The molecule has 2 aromatic carbocycles. The van der Waals surface area contributed by atoms with Crippen molar-refractivity contribution >= 4 is 17.2 Å². The quantitative estimate of drug-likeness (QED) is 0.468. The number of anilines is 2. The van der Waals surface area contributed by atoms with Gasteiger partial charge in [0.15, 0.2) is 0 Å². The maximum atomic E-state index is 4.97. The maximum absolute atomic E-state index is 4.97. The van der Waals surface area contributed by atoms with Crippen molar-refractivity contribution in [1.82, 2.24) is 9.38 Å². The minimum atomic E-state index is 0.948. The highest BCUT2D eigenvalue weighted by Crippen LogP contribution is 2.35. The van der Waals surface area contributed by atoms with Crippen molar-refractivity contribution in [2.24, 2.45) is 0 Å². The number of rotatable bonds is 3. The molecule has 0 unspecified atom stereocenters. The Bertz CT molecular complexity index is 1130. The second-order valence-corrected chi connectivity index (χ2v) is 7.45. The molecule has 3 nitrogen and oxygen atoms in total. The highest BCUT2D eigenvalue weighted by atomic mass is 15.1. The molecule has 136 valence electrons. The van der Waals surface area contributed by atoms with E-state index in [-0.39, 0.29) is 0 Å². The number of hydrogen-bond acceptors (Lipinski definition) is 2. The van der Waals surface area contributed by atoms with E-state index in [2.05, 4.69) is 99.1 Å². The van der Waals surface area contributed by atoms with E-state index in [1.54, 1.807) is 0 Å². The lowest BCUT2D eigenvalue weighted by molar-refractivity contribution is 1.15. The zero-order valence-electron chi connectivity index (χ0n) is 16.6. The summed E-state index contributed by atoms with van der Waals surface area (Å²) in [5.41, 5.74) is 10.4. The molecule has 0 bridgehead atoms. The number of nitrogens with zero attached hydrogens (tertiary/aromatic N) is 2. The minimum absolute atomic E-state index is 0.948. The van der Waals surface area contributed by atoms with Crippen LogP contribution in [-0.2, 0) is 0 Å². The zero-order valence-corrected chi connectivity index (χ0v) is 16.6. The van der Waals surface area contributed by atoms with Crippen molar-refractivity contribution < 1.29 is 0 Å². The number of aryl methyl sites for hydroxylation is 5. The third-order valence-corrected chi connectivity index (χ3v) is 5.13. The molecule has 4 aromatic rings. The molecule has 2 heterocycles. The summed E-state index contributed by atoms with van der Waals surface area (Å²) in [6.07, 6.45) is 2.14. The van der Waals surface area contributed by atoms with E-state index in [1.807, 2.05) is 0 Å². The zero-order chi connectivity index (χ0) is 19.1. The van der Waals surface area contributed by atoms with Gasteiger partial charge in [0.05, 0.1) is 0 Å². The van der Waals surface area contributed by atoms with Crippen molar-refractivity contribution in [3.05, 3.63) is 82.5 Å².